The number of hydrogen-bond acceptors (Lipinski definition) is 3. The Balaban J connectivity index is 2.66. The van der Waals surface area contributed by atoms with Crippen molar-refractivity contribution < 1.29 is 14.1 Å². The number of carbonyl (C=O) groups is 2. The quantitative estimate of drug-likeness (QED) is 0.328. The molecule has 1 aromatic carbocycles. The molecule has 1 aromatic rings. The number of amides is 2. The van der Waals surface area contributed by atoms with E-state index in [1.807, 2.05) is 21.0 Å². The van der Waals surface area contributed by atoms with Gasteiger partial charge in [-0.25, -0.2) is 0 Å². The standard InChI is InChI=1S/C20H35N4O2/c1-18-7-8-19(15-20(18)21)9-14-24(4,12-5-10-22(2)16-25)13-6-11-23(3)17-26/h7-8,15-17H,5-6,9-14,21H2,1-4H3/q+1. The van der Waals surface area contributed by atoms with Crippen LogP contribution in [0.15, 0.2) is 18.2 Å². The van der Waals surface area contributed by atoms with Crippen molar-refractivity contribution in [2.45, 2.75) is 26.2 Å². The average molecular weight is 364 g/mol. The minimum absolute atomic E-state index is 0.767. The third-order valence-corrected chi connectivity index (χ3v) is 5.06. The lowest BCUT2D eigenvalue weighted by atomic mass is 10.1. The van der Waals surface area contributed by atoms with Gasteiger partial charge in [0.2, 0.25) is 12.8 Å². The number of rotatable bonds is 13. The van der Waals surface area contributed by atoms with Gasteiger partial charge >= 0.3 is 0 Å². The van der Waals surface area contributed by atoms with Crippen molar-refractivity contribution >= 4 is 18.5 Å². The maximum absolute atomic E-state index is 10.8. The van der Waals surface area contributed by atoms with Gasteiger partial charge in [-0.05, 0) is 24.1 Å². The van der Waals surface area contributed by atoms with Gasteiger partial charge in [-0.3, -0.25) is 9.59 Å². The first-order valence-corrected chi connectivity index (χ1v) is 9.29. The van der Waals surface area contributed by atoms with Crippen molar-refractivity contribution in [3.05, 3.63) is 29.3 Å². The summed E-state index contributed by atoms with van der Waals surface area (Å²) in [5, 5.41) is 0. The van der Waals surface area contributed by atoms with E-state index in [-0.39, 0.29) is 0 Å². The highest BCUT2D eigenvalue weighted by Crippen LogP contribution is 2.16. The van der Waals surface area contributed by atoms with Crippen molar-refractivity contribution in [3.63, 3.8) is 0 Å². The van der Waals surface area contributed by atoms with E-state index in [9.17, 15) is 9.59 Å². The van der Waals surface area contributed by atoms with Crippen LogP contribution in [0.4, 0.5) is 5.69 Å². The summed E-state index contributed by atoms with van der Waals surface area (Å²) >= 11 is 0. The van der Waals surface area contributed by atoms with E-state index in [2.05, 4.69) is 25.2 Å². The zero-order valence-corrected chi connectivity index (χ0v) is 16.8. The molecular weight excluding hydrogens is 328 g/mol. The molecule has 0 radical (unpaired) electrons. The van der Waals surface area contributed by atoms with Gasteiger partial charge < -0.3 is 20.0 Å². The first-order valence-electron chi connectivity index (χ1n) is 9.29. The van der Waals surface area contributed by atoms with E-state index in [0.717, 1.165) is 80.5 Å². The van der Waals surface area contributed by atoms with Crippen molar-refractivity contribution in [2.75, 3.05) is 59.6 Å². The number of aryl methyl sites for hydroxylation is 1. The molecule has 6 heteroatoms. The van der Waals surface area contributed by atoms with Gasteiger partial charge in [-0.1, -0.05) is 12.1 Å². The van der Waals surface area contributed by atoms with E-state index in [1.54, 1.807) is 9.80 Å². The molecule has 0 saturated carbocycles. The highest BCUT2D eigenvalue weighted by Gasteiger charge is 2.21. The Morgan fingerprint density at radius 3 is 2.00 bits per heavy atom. The molecule has 0 aliphatic rings. The number of nitrogen functional groups attached to an aromatic ring is 1. The van der Waals surface area contributed by atoms with Crippen molar-refractivity contribution in [3.8, 4) is 0 Å². The number of benzene rings is 1. The van der Waals surface area contributed by atoms with Gasteiger partial charge in [0, 0.05) is 52.1 Å². The van der Waals surface area contributed by atoms with Crippen LogP contribution in [0.25, 0.3) is 0 Å². The van der Waals surface area contributed by atoms with E-state index >= 15 is 0 Å². The highest BCUT2D eigenvalue weighted by molar-refractivity contribution is 5.48. The Morgan fingerprint density at radius 1 is 1.00 bits per heavy atom. The summed E-state index contributed by atoms with van der Waals surface area (Å²) in [6.45, 7) is 6.57. The van der Waals surface area contributed by atoms with Crippen LogP contribution in [0.1, 0.15) is 24.0 Å². The second kappa shape index (κ2) is 10.8. The van der Waals surface area contributed by atoms with Gasteiger partial charge in [0.1, 0.15) is 0 Å². The number of anilines is 1. The van der Waals surface area contributed by atoms with Crippen LogP contribution in [-0.2, 0) is 16.0 Å². The molecule has 0 aliphatic heterocycles. The molecular formula is C20H35N4O2+. The topological polar surface area (TPSA) is 66.6 Å². The second-order valence-electron chi connectivity index (χ2n) is 7.61. The van der Waals surface area contributed by atoms with E-state index in [1.165, 1.54) is 5.56 Å². The first kappa shape index (κ1) is 22.0. The van der Waals surface area contributed by atoms with Crippen LogP contribution in [0.2, 0.25) is 0 Å². The molecule has 1 rings (SSSR count). The van der Waals surface area contributed by atoms with E-state index in [0.29, 0.717) is 0 Å². The molecule has 0 unspecified atom stereocenters. The average Bonchev–Trinajstić information content (AvgIpc) is 2.62. The molecule has 0 atom stereocenters. The van der Waals surface area contributed by atoms with Gasteiger partial charge in [0.15, 0.2) is 0 Å². The predicted octanol–water partition coefficient (Wildman–Crippen LogP) is 1.52. The van der Waals surface area contributed by atoms with E-state index < -0.39 is 0 Å². The number of carbonyl (C=O) groups excluding carboxylic acids is 2. The maximum Gasteiger partial charge on any atom is 0.209 e. The summed E-state index contributed by atoms with van der Waals surface area (Å²) in [4.78, 5) is 24.9. The Morgan fingerprint density at radius 2 is 1.54 bits per heavy atom. The van der Waals surface area contributed by atoms with Gasteiger partial charge in [0.05, 0.1) is 26.7 Å². The van der Waals surface area contributed by atoms with Gasteiger partial charge in [0.25, 0.3) is 0 Å². The lowest BCUT2D eigenvalue weighted by molar-refractivity contribution is -0.909. The predicted molar refractivity (Wildman–Crippen MR) is 107 cm³/mol. The third kappa shape index (κ3) is 7.87. The fourth-order valence-electron chi connectivity index (χ4n) is 3.09. The third-order valence-electron chi connectivity index (χ3n) is 5.06. The second-order valence-corrected chi connectivity index (χ2v) is 7.61. The van der Waals surface area contributed by atoms with Crippen LogP contribution in [0, 0.1) is 6.92 Å². The van der Waals surface area contributed by atoms with E-state index in [4.69, 9.17) is 5.73 Å². The summed E-state index contributed by atoms with van der Waals surface area (Å²) in [6.07, 6.45) is 4.64. The number of nitrogens with zero attached hydrogens (tertiary/aromatic N) is 3. The zero-order chi connectivity index (χ0) is 19.6. The van der Waals surface area contributed by atoms with Crippen LogP contribution in [0.3, 0.4) is 0 Å². The Labute approximate surface area is 158 Å². The molecule has 0 bridgehead atoms. The molecule has 0 spiro atoms. The smallest absolute Gasteiger partial charge is 0.209 e. The summed E-state index contributed by atoms with van der Waals surface area (Å²) in [5.41, 5.74) is 9.25. The molecule has 0 fully saturated rings. The lowest BCUT2D eigenvalue weighted by Crippen LogP contribution is -2.48. The minimum atomic E-state index is 0.767. The first-order chi connectivity index (χ1) is 12.3. The molecule has 2 amide bonds. The van der Waals surface area contributed by atoms with Crippen LogP contribution < -0.4 is 5.73 Å². The molecule has 0 heterocycles. The lowest BCUT2D eigenvalue weighted by Gasteiger charge is -2.35. The number of hydrogen-bond donors (Lipinski definition) is 1. The highest BCUT2D eigenvalue weighted by atomic mass is 16.1. The van der Waals surface area contributed by atoms with Crippen LogP contribution in [0.5, 0.6) is 0 Å². The molecule has 6 nitrogen and oxygen atoms in total. The number of nitrogens with two attached hydrogens (primary N) is 1. The minimum Gasteiger partial charge on any atom is -0.399 e. The molecule has 2 N–H and O–H groups in total. The summed E-state index contributed by atoms with van der Waals surface area (Å²) < 4.78 is 0.924. The Hall–Kier alpha value is -2.08. The number of quaternary nitrogens is 1. The summed E-state index contributed by atoms with van der Waals surface area (Å²) in [5.74, 6) is 0. The molecule has 0 aliphatic carbocycles. The summed E-state index contributed by atoms with van der Waals surface area (Å²) in [7, 11) is 5.89. The fraction of sp³-hybridized carbons (Fsp3) is 0.600. The van der Waals surface area contributed by atoms with Crippen molar-refractivity contribution in [1.82, 2.24) is 9.80 Å². The van der Waals surface area contributed by atoms with Gasteiger partial charge in [-0.15, -0.1) is 0 Å². The number of likely N-dealkylation sites (N-methyl/N-ethyl adjacent to an activating group) is 1. The molecule has 0 saturated heterocycles. The maximum atomic E-state index is 10.8. The SMILES string of the molecule is Cc1ccc(CC[N+](C)(CCCN(C)C=O)CCCN(C)C=O)cc1N. The van der Waals surface area contributed by atoms with Gasteiger partial charge in [-0.2, -0.15) is 0 Å². The Bertz CT molecular complexity index is 557. The molecule has 26 heavy (non-hydrogen) atoms. The van der Waals surface area contributed by atoms with Crippen LogP contribution in [-0.4, -0.2) is 81.0 Å². The van der Waals surface area contributed by atoms with Crippen molar-refractivity contribution in [1.29, 1.82) is 0 Å². The fourth-order valence-corrected chi connectivity index (χ4v) is 3.09. The molecule has 146 valence electrons. The normalized spacial score (nSPS) is 11.2. The molecule has 0 aromatic heterocycles. The Kier molecular flexibility index (Phi) is 9.13. The van der Waals surface area contributed by atoms with Crippen LogP contribution >= 0.6 is 0 Å². The van der Waals surface area contributed by atoms with Crippen molar-refractivity contribution in [2.24, 2.45) is 0 Å². The zero-order valence-electron chi connectivity index (χ0n) is 16.8. The largest absolute Gasteiger partial charge is 0.399 e. The monoisotopic (exact) mass is 363 g/mol. The summed E-state index contributed by atoms with van der Waals surface area (Å²) in [6, 6.07) is 6.30.